The summed E-state index contributed by atoms with van der Waals surface area (Å²) in [5.74, 6) is -0.253. The Hall–Kier alpha value is -2.59. The molecule has 0 saturated heterocycles. The van der Waals surface area contributed by atoms with Crippen LogP contribution in [0.5, 0.6) is 5.75 Å². The molecule has 2 N–H and O–H groups in total. The number of anilines is 1. The normalized spacial score (nSPS) is 10.5. The molecular formula is C16H11ClN2O2. The monoisotopic (exact) mass is 298 g/mol. The summed E-state index contributed by atoms with van der Waals surface area (Å²) in [5, 5.41) is 13.2. The van der Waals surface area contributed by atoms with Crippen LogP contribution in [0.3, 0.4) is 0 Å². The van der Waals surface area contributed by atoms with Gasteiger partial charge in [0.05, 0.1) is 21.8 Å². The number of amides is 1. The van der Waals surface area contributed by atoms with Gasteiger partial charge in [0.2, 0.25) is 0 Å². The van der Waals surface area contributed by atoms with Crippen molar-refractivity contribution in [2.45, 2.75) is 0 Å². The standard InChI is InChI=1S/C16H11ClN2O2/c17-13-9-11(20)6-7-14(13)19-16(21)12-5-1-3-10-4-2-8-18-15(10)12/h1-9,20H,(H,19,21). The van der Waals surface area contributed by atoms with Crippen LogP contribution in [0.25, 0.3) is 10.9 Å². The number of nitrogens with zero attached hydrogens (tertiary/aromatic N) is 1. The average Bonchev–Trinajstić information content (AvgIpc) is 2.49. The summed E-state index contributed by atoms with van der Waals surface area (Å²) in [6.07, 6.45) is 1.65. The van der Waals surface area contributed by atoms with Crippen molar-refractivity contribution in [3.05, 3.63) is 65.3 Å². The van der Waals surface area contributed by atoms with Crippen molar-refractivity contribution < 1.29 is 9.90 Å². The number of pyridine rings is 1. The molecule has 0 atom stereocenters. The number of aromatic nitrogens is 1. The van der Waals surface area contributed by atoms with Crippen LogP contribution in [-0.2, 0) is 0 Å². The van der Waals surface area contributed by atoms with E-state index in [-0.39, 0.29) is 16.7 Å². The van der Waals surface area contributed by atoms with Crippen molar-refractivity contribution in [2.75, 3.05) is 5.32 Å². The van der Waals surface area contributed by atoms with Crippen molar-refractivity contribution in [3.8, 4) is 5.75 Å². The molecule has 2 aromatic carbocycles. The molecule has 21 heavy (non-hydrogen) atoms. The number of hydrogen-bond acceptors (Lipinski definition) is 3. The Balaban J connectivity index is 1.97. The molecule has 0 aliphatic rings. The molecule has 0 bridgehead atoms. The van der Waals surface area contributed by atoms with Gasteiger partial charge in [0, 0.05) is 17.6 Å². The van der Waals surface area contributed by atoms with E-state index in [9.17, 15) is 9.90 Å². The highest BCUT2D eigenvalue weighted by molar-refractivity contribution is 6.34. The quantitative estimate of drug-likeness (QED) is 0.706. The van der Waals surface area contributed by atoms with E-state index in [1.54, 1.807) is 24.4 Å². The third kappa shape index (κ3) is 2.66. The predicted molar refractivity (Wildman–Crippen MR) is 82.8 cm³/mol. The Morgan fingerprint density at radius 2 is 1.95 bits per heavy atom. The SMILES string of the molecule is O=C(Nc1ccc(O)cc1Cl)c1cccc2cccnc12. The van der Waals surface area contributed by atoms with Gasteiger partial charge in [-0.3, -0.25) is 9.78 Å². The second-order valence-electron chi connectivity index (χ2n) is 4.50. The van der Waals surface area contributed by atoms with Crippen LogP contribution < -0.4 is 5.32 Å². The second-order valence-corrected chi connectivity index (χ2v) is 4.91. The first kappa shape index (κ1) is 13.4. The maximum atomic E-state index is 12.4. The van der Waals surface area contributed by atoms with Crippen LogP contribution in [0.2, 0.25) is 5.02 Å². The first-order chi connectivity index (χ1) is 10.1. The van der Waals surface area contributed by atoms with E-state index in [0.717, 1.165) is 5.39 Å². The smallest absolute Gasteiger partial charge is 0.257 e. The lowest BCUT2D eigenvalue weighted by atomic mass is 10.1. The molecule has 1 amide bonds. The van der Waals surface area contributed by atoms with Crippen molar-refractivity contribution in [2.24, 2.45) is 0 Å². The zero-order valence-corrected chi connectivity index (χ0v) is 11.6. The fourth-order valence-corrected chi connectivity index (χ4v) is 2.30. The molecular weight excluding hydrogens is 288 g/mol. The molecule has 0 radical (unpaired) electrons. The molecule has 3 aromatic rings. The molecule has 5 heteroatoms. The molecule has 3 rings (SSSR count). The third-order valence-corrected chi connectivity index (χ3v) is 3.39. The minimum atomic E-state index is -0.299. The van der Waals surface area contributed by atoms with Crippen LogP contribution in [0.15, 0.2) is 54.7 Å². The molecule has 0 unspecified atom stereocenters. The topological polar surface area (TPSA) is 62.2 Å². The van der Waals surface area contributed by atoms with Crippen LogP contribution in [-0.4, -0.2) is 16.0 Å². The van der Waals surface area contributed by atoms with E-state index in [1.807, 2.05) is 18.2 Å². The number of carbonyl (C=O) groups excluding carboxylic acids is 1. The maximum Gasteiger partial charge on any atom is 0.257 e. The number of aromatic hydroxyl groups is 1. The predicted octanol–water partition coefficient (Wildman–Crippen LogP) is 3.85. The van der Waals surface area contributed by atoms with Gasteiger partial charge in [-0.25, -0.2) is 0 Å². The van der Waals surface area contributed by atoms with Crippen molar-refractivity contribution >= 4 is 34.1 Å². The molecule has 0 aliphatic carbocycles. The number of para-hydroxylation sites is 1. The highest BCUT2D eigenvalue weighted by Crippen LogP contribution is 2.27. The van der Waals surface area contributed by atoms with Gasteiger partial charge in [0.25, 0.3) is 5.91 Å². The fraction of sp³-hybridized carbons (Fsp3) is 0. The minimum absolute atomic E-state index is 0.0461. The number of rotatable bonds is 2. The van der Waals surface area contributed by atoms with Gasteiger partial charge < -0.3 is 10.4 Å². The Bertz CT molecular complexity index is 828. The second kappa shape index (κ2) is 5.42. The van der Waals surface area contributed by atoms with Crippen LogP contribution in [0.1, 0.15) is 10.4 Å². The molecule has 1 aromatic heterocycles. The van der Waals surface area contributed by atoms with Crippen LogP contribution in [0.4, 0.5) is 5.69 Å². The summed E-state index contributed by atoms with van der Waals surface area (Å²) in [5.41, 5.74) is 1.54. The van der Waals surface area contributed by atoms with Crippen molar-refractivity contribution in [1.29, 1.82) is 0 Å². The Morgan fingerprint density at radius 1 is 1.14 bits per heavy atom. The number of hydrogen-bond donors (Lipinski definition) is 2. The highest BCUT2D eigenvalue weighted by Gasteiger charge is 2.12. The van der Waals surface area contributed by atoms with Gasteiger partial charge in [0.1, 0.15) is 5.75 Å². The molecule has 1 heterocycles. The lowest BCUT2D eigenvalue weighted by Crippen LogP contribution is -2.13. The minimum Gasteiger partial charge on any atom is -0.508 e. The summed E-state index contributed by atoms with van der Waals surface area (Å²) in [6, 6.07) is 13.5. The third-order valence-electron chi connectivity index (χ3n) is 3.08. The van der Waals surface area contributed by atoms with E-state index in [1.165, 1.54) is 12.1 Å². The summed E-state index contributed by atoms with van der Waals surface area (Å²) in [6.45, 7) is 0. The van der Waals surface area contributed by atoms with Gasteiger partial charge in [-0.2, -0.15) is 0 Å². The van der Waals surface area contributed by atoms with Gasteiger partial charge in [0.15, 0.2) is 0 Å². The van der Waals surface area contributed by atoms with Gasteiger partial charge in [-0.1, -0.05) is 29.8 Å². The first-order valence-corrected chi connectivity index (χ1v) is 6.66. The van der Waals surface area contributed by atoms with E-state index in [4.69, 9.17) is 11.6 Å². The largest absolute Gasteiger partial charge is 0.508 e. The maximum absolute atomic E-state index is 12.4. The number of phenols is 1. The lowest BCUT2D eigenvalue weighted by molar-refractivity contribution is 0.102. The fourth-order valence-electron chi connectivity index (χ4n) is 2.08. The number of benzene rings is 2. The van der Waals surface area contributed by atoms with Gasteiger partial charge in [-0.15, -0.1) is 0 Å². The first-order valence-electron chi connectivity index (χ1n) is 6.29. The summed E-state index contributed by atoms with van der Waals surface area (Å²) in [4.78, 5) is 16.6. The number of halogens is 1. The zero-order valence-electron chi connectivity index (χ0n) is 10.9. The van der Waals surface area contributed by atoms with E-state index in [2.05, 4.69) is 10.3 Å². The zero-order chi connectivity index (χ0) is 14.8. The highest BCUT2D eigenvalue weighted by atomic mass is 35.5. The molecule has 0 fully saturated rings. The van der Waals surface area contributed by atoms with E-state index >= 15 is 0 Å². The number of nitrogens with one attached hydrogen (secondary N) is 1. The van der Waals surface area contributed by atoms with E-state index < -0.39 is 0 Å². The Kier molecular flexibility index (Phi) is 3.46. The molecule has 0 spiro atoms. The molecule has 104 valence electrons. The van der Waals surface area contributed by atoms with Gasteiger partial charge >= 0.3 is 0 Å². The number of carbonyl (C=O) groups is 1. The molecule has 0 aliphatic heterocycles. The van der Waals surface area contributed by atoms with Gasteiger partial charge in [-0.05, 0) is 24.3 Å². The van der Waals surface area contributed by atoms with Crippen LogP contribution >= 0.6 is 11.6 Å². The Labute approximate surface area is 126 Å². The average molecular weight is 299 g/mol. The lowest BCUT2D eigenvalue weighted by Gasteiger charge is -2.09. The number of phenolic OH excluding ortho intramolecular Hbond substituents is 1. The molecule has 4 nitrogen and oxygen atoms in total. The van der Waals surface area contributed by atoms with Crippen molar-refractivity contribution in [1.82, 2.24) is 4.98 Å². The summed E-state index contributed by atoms with van der Waals surface area (Å²) >= 11 is 5.99. The Morgan fingerprint density at radius 3 is 2.76 bits per heavy atom. The van der Waals surface area contributed by atoms with Crippen LogP contribution in [0, 0.1) is 0 Å². The number of fused-ring (bicyclic) bond motifs is 1. The van der Waals surface area contributed by atoms with E-state index in [0.29, 0.717) is 16.8 Å². The summed E-state index contributed by atoms with van der Waals surface area (Å²) in [7, 11) is 0. The summed E-state index contributed by atoms with van der Waals surface area (Å²) < 4.78 is 0. The van der Waals surface area contributed by atoms with Crippen molar-refractivity contribution in [3.63, 3.8) is 0 Å². The molecule has 0 saturated carbocycles.